The summed E-state index contributed by atoms with van der Waals surface area (Å²) in [6.45, 7) is 11.5. The molecule has 12 nitrogen and oxygen atoms in total. The Kier molecular flexibility index (Phi) is 11.7. The van der Waals surface area contributed by atoms with Crippen LogP contribution in [0, 0.1) is 0 Å². The van der Waals surface area contributed by atoms with Crippen LogP contribution in [0.5, 0.6) is 5.75 Å². The largest absolute Gasteiger partial charge is 0.569 e. The number of fused-ring (bicyclic) bond motifs is 1. The second-order valence-corrected chi connectivity index (χ2v) is 15.2. The summed E-state index contributed by atoms with van der Waals surface area (Å²) in [5.74, 6) is -1.36. The lowest BCUT2D eigenvalue weighted by Crippen LogP contribution is -2.54. The summed E-state index contributed by atoms with van der Waals surface area (Å²) in [6.07, 6.45) is 1.11. The topological polar surface area (TPSA) is 126 Å². The molecule has 1 unspecified atom stereocenters. The highest BCUT2D eigenvalue weighted by Gasteiger charge is 2.44. The first-order valence-corrected chi connectivity index (χ1v) is 20.2. The summed E-state index contributed by atoms with van der Waals surface area (Å²) < 4.78 is 5.18. The van der Waals surface area contributed by atoms with E-state index in [-0.39, 0.29) is 18.7 Å². The van der Waals surface area contributed by atoms with E-state index in [2.05, 4.69) is 80.4 Å². The first-order valence-electron chi connectivity index (χ1n) is 20.2. The third-order valence-electron chi connectivity index (χ3n) is 11.9. The van der Waals surface area contributed by atoms with Gasteiger partial charge in [0.25, 0.3) is 11.8 Å². The maximum Gasteiger partial charge on any atom is 0.569 e. The van der Waals surface area contributed by atoms with Gasteiger partial charge in [-0.3, -0.25) is 39.2 Å². The third kappa shape index (κ3) is 8.15. The van der Waals surface area contributed by atoms with Gasteiger partial charge in [0, 0.05) is 83.2 Å². The minimum atomic E-state index is -0.966. The molecule has 0 bridgehead atoms. The zero-order valence-electron chi connectivity index (χ0n) is 32.8. The van der Waals surface area contributed by atoms with Gasteiger partial charge in [-0.25, -0.2) is 0 Å². The van der Waals surface area contributed by atoms with E-state index < -0.39 is 23.8 Å². The SMILES string of the molecule is CC/C(=C(/c1ccc(O[B]O)cc1)c1ccc(N2CCN(CCN3CCN(c4ccc5c(c4)C(=O)N(C4CCC(=O)NC4=O)C5=O)CC3)CC2)cc1)c1ccccc1. The molecule has 0 aromatic heterocycles. The van der Waals surface area contributed by atoms with Gasteiger partial charge in [-0.1, -0.05) is 61.5 Å². The molecule has 8 rings (SSSR count). The average molecular weight is 780 g/mol. The quantitative estimate of drug-likeness (QED) is 0.122. The molecule has 4 amide bonds. The Morgan fingerprint density at radius 2 is 1.26 bits per heavy atom. The number of anilines is 2. The molecule has 1 radical (unpaired) electrons. The van der Waals surface area contributed by atoms with Gasteiger partial charge in [0.15, 0.2) is 0 Å². The van der Waals surface area contributed by atoms with E-state index in [9.17, 15) is 19.2 Å². The molecule has 0 spiro atoms. The molecule has 4 aliphatic rings. The van der Waals surface area contributed by atoms with Gasteiger partial charge in [-0.05, 0) is 83.1 Å². The predicted molar refractivity (Wildman–Crippen MR) is 225 cm³/mol. The van der Waals surface area contributed by atoms with E-state index in [0.29, 0.717) is 24.6 Å². The molecule has 13 heteroatoms. The van der Waals surface area contributed by atoms with Crippen LogP contribution >= 0.6 is 0 Å². The van der Waals surface area contributed by atoms with Crippen LogP contribution in [0.4, 0.5) is 11.4 Å². The fourth-order valence-corrected chi connectivity index (χ4v) is 8.68. The molecule has 0 aliphatic carbocycles. The lowest BCUT2D eigenvalue weighted by atomic mass is 9.88. The van der Waals surface area contributed by atoms with Crippen LogP contribution in [0.3, 0.4) is 0 Å². The van der Waals surface area contributed by atoms with Gasteiger partial charge in [-0.2, -0.15) is 0 Å². The van der Waals surface area contributed by atoms with Crippen LogP contribution in [-0.2, 0) is 9.59 Å². The van der Waals surface area contributed by atoms with Crippen molar-refractivity contribution in [1.29, 1.82) is 0 Å². The first kappa shape index (κ1) is 39.1. The number of carbonyl (C=O) groups is 4. The van der Waals surface area contributed by atoms with Crippen molar-refractivity contribution in [2.24, 2.45) is 0 Å². The van der Waals surface area contributed by atoms with Crippen molar-refractivity contribution in [1.82, 2.24) is 20.0 Å². The number of piperidine rings is 1. The zero-order valence-corrected chi connectivity index (χ0v) is 32.8. The van der Waals surface area contributed by atoms with E-state index >= 15 is 0 Å². The molecule has 4 aromatic carbocycles. The van der Waals surface area contributed by atoms with E-state index in [0.717, 1.165) is 93.6 Å². The van der Waals surface area contributed by atoms with Crippen molar-refractivity contribution in [3.8, 4) is 5.75 Å². The Hall–Kier alpha value is -5.76. The number of imide groups is 2. The maximum absolute atomic E-state index is 13.3. The highest BCUT2D eigenvalue weighted by Crippen LogP contribution is 2.36. The van der Waals surface area contributed by atoms with Crippen LogP contribution in [-0.4, -0.2) is 123 Å². The minimum absolute atomic E-state index is 0.0982. The molecule has 58 heavy (non-hydrogen) atoms. The first-order chi connectivity index (χ1) is 28.3. The summed E-state index contributed by atoms with van der Waals surface area (Å²) in [7, 11) is 0.701. The van der Waals surface area contributed by atoms with Crippen LogP contribution in [0.15, 0.2) is 97.1 Å². The van der Waals surface area contributed by atoms with Gasteiger partial charge in [0.05, 0.1) is 11.1 Å². The monoisotopic (exact) mass is 779 g/mol. The Balaban J connectivity index is 0.837. The number of benzene rings is 4. The summed E-state index contributed by atoms with van der Waals surface area (Å²) in [4.78, 5) is 61.3. The molecular weight excluding hydrogens is 731 g/mol. The van der Waals surface area contributed by atoms with Gasteiger partial charge in [-0.15, -0.1) is 0 Å². The molecule has 4 aliphatic heterocycles. The summed E-state index contributed by atoms with van der Waals surface area (Å²) >= 11 is 0. The van der Waals surface area contributed by atoms with E-state index in [1.807, 2.05) is 36.4 Å². The Morgan fingerprint density at radius 1 is 0.690 bits per heavy atom. The second kappa shape index (κ2) is 17.4. The van der Waals surface area contributed by atoms with Crippen molar-refractivity contribution in [2.45, 2.75) is 32.2 Å². The summed E-state index contributed by atoms with van der Waals surface area (Å²) in [5.41, 5.74) is 8.63. The lowest BCUT2D eigenvalue weighted by molar-refractivity contribution is -0.136. The second-order valence-electron chi connectivity index (χ2n) is 15.2. The number of hydrogen-bond acceptors (Lipinski definition) is 10. The highest BCUT2D eigenvalue weighted by atomic mass is 16.5. The molecule has 1 atom stereocenters. The predicted octanol–water partition coefficient (Wildman–Crippen LogP) is 4.31. The molecular formula is C45H48BN6O6. The summed E-state index contributed by atoms with van der Waals surface area (Å²) in [5, 5.41) is 11.3. The number of rotatable bonds is 12. The molecule has 0 saturated carbocycles. The number of amides is 4. The molecule has 2 N–H and O–H groups in total. The van der Waals surface area contributed by atoms with Crippen LogP contribution < -0.4 is 19.8 Å². The fourth-order valence-electron chi connectivity index (χ4n) is 8.68. The molecule has 3 fully saturated rings. The molecule has 3 saturated heterocycles. The average Bonchev–Trinajstić information content (AvgIpc) is 3.51. The van der Waals surface area contributed by atoms with E-state index in [4.69, 9.17) is 9.68 Å². The number of piperazine rings is 2. The number of hydrogen-bond donors (Lipinski definition) is 2. The van der Waals surface area contributed by atoms with Gasteiger partial charge in [0.2, 0.25) is 11.8 Å². The van der Waals surface area contributed by atoms with Gasteiger partial charge < -0.3 is 19.5 Å². The molecule has 297 valence electrons. The lowest BCUT2D eigenvalue weighted by Gasteiger charge is -2.39. The van der Waals surface area contributed by atoms with E-state index in [1.54, 1.807) is 12.1 Å². The Bertz CT molecular complexity index is 2180. The van der Waals surface area contributed by atoms with Crippen LogP contribution in [0.1, 0.15) is 63.6 Å². The number of nitrogens with one attached hydrogen (secondary N) is 1. The van der Waals surface area contributed by atoms with Crippen molar-refractivity contribution in [3.63, 3.8) is 0 Å². The number of allylic oxidation sites excluding steroid dienone is 1. The van der Waals surface area contributed by atoms with Gasteiger partial charge >= 0.3 is 7.69 Å². The number of nitrogens with zero attached hydrogens (tertiary/aromatic N) is 5. The molecule has 4 aromatic rings. The standard InChI is InChI=1S/C45H48BN6O6/c1-2-37(31-6-4-3-5-7-31)42(33-10-15-36(16-11-33)58-46-57)32-8-12-34(13-9-32)50-26-22-48(23-27-50)20-21-49-24-28-51(29-25-49)35-14-17-38-39(30-35)45(56)52(44(38)55)40-18-19-41(53)47-43(40)54/h3-17,30,40,57H,2,18-29H2,1H3,(H,47,53,54)/b42-37-. The highest BCUT2D eigenvalue weighted by molar-refractivity contribution is 6.23. The fraction of sp³-hybridized carbons (Fsp3) is 0.333. The van der Waals surface area contributed by atoms with Crippen molar-refractivity contribution in [3.05, 3.63) is 125 Å². The smallest absolute Gasteiger partial charge is 0.537 e. The van der Waals surface area contributed by atoms with Crippen molar-refractivity contribution in [2.75, 3.05) is 75.2 Å². The Morgan fingerprint density at radius 3 is 1.84 bits per heavy atom. The Labute approximate surface area is 340 Å². The third-order valence-corrected chi connectivity index (χ3v) is 11.9. The van der Waals surface area contributed by atoms with Crippen molar-refractivity contribution < 1.29 is 28.9 Å². The zero-order chi connectivity index (χ0) is 40.2. The summed E-state index contributed by atoms with van der Waals surface area (Å²) in [6, 6.07) is 31.7. The van der Waals surface area contributed by atoms with Crippen molar-refractivity contribution >= 4 is 53.8 Å². The molecule has 4 heterocycles. The van der Waals surface area contributed by atoms with Crippen LogP contribution in [0.2, 0.25) is 0 Å². The maximum atomic E-state index is 13.3. The number of carbonyl (C=O) groups excluding carboxylic acids is 4. The normalized spacial score (nSPS) is 19.6. The van der Waals surface area contributed by atoms with Crippen LogP contribution in [0.25, 0.3) is 11.1 Å². The van der Waals surface area contributed by atoms with Gasteiger partial charge in [0.1, 0.15) is 11.8 Å². The van der Waals surface area contributed by atoms with E-state index in [1.165, 1.54) is 22.4 Å². The minimum Gasteiger partial charge on any atom is -0.537 e.